The van der Waals surface area contributed by atoms with Gasteiger partial charge in [-0.25, -0.2) is 0 Å². The van der Waals surface area contributed by atoms with Crippen LogP contribution in [0.15, 0.2) is 33.5 Å². The molecule has 0 fully saturated rings. The molecule has 3 heterocycles. The van der Waals surface area contributed by atoms with E-state index in [-0.39, 0.29) is 5.56 Å². The number of rotatable bonds is 1. The summed E-state index contributed by atoms with van der Waals surface area (Å²) in [6.07, 6.45) is -1.04. The Labute approximate surface area is 134 Å². The third-order valence-electron chi connectivity index (χ3n) is 3.66. The van der Waals surface area contributed by atoms with Gasteiger partial charge < -0.3 is 5.11 Å². The van der Waals surface area contributed by atoms with Crippen LogP contribution in [0, 0.1) is 6.92 Å². The van der Waals surface area contributed by atoms with Gasteiger partial charge in [0.05, 0.1) is 20.9 Å². The van der Waals surface area contributed by atoms with Crippen LogP contribution < -0.4 is 10.9 Å². The summed E-state index contributed by atoms with van der Waals surface area (Å²) >= 11 is 9.39. The lowest BCUT2D eigenvalue weighted by Gasteiger charge is -2.27. The minimum absolute atomic E-state index is 0.274. The molecule has 21 heavy (non-hydrogen) atoms. The van der Waals surface area contributed by atoms with Gasteiger partial charge in [-0.2, -0.15) is 0 Å². The van der Waals surface area contributed by atoms with Crippen LogP contribution in [-0.2, 0) is 5.66 Å². The molecule has 2 unspecified atom stereocenters. The minimum Gasteiger partial charge on any atom is -0.373 e. The molecule has 2 atom stereocenters. The van der Waals surface area contributed by atoms with E-state index in [9.17, 15) is 9.90 Å². The molecule has 0 spiro atoms. The number of nitrogens with zero attached hydrogens (tertiary/aromatic N) is 2. The number of hydrogen-bond donors (Lipinski definition) is 2. The molecule has 0 radical (unpaired) electrons. The van der Waals surface area contributed by atoms with Gasteiger partial charge in [0.15, 0.2) is 0 Å². The lowest BCUT2D eigenvalue weighted by molar-refractivity contribution is 0.124. The molecular weight excluding hydrogens is 358 g/mol. The molecule has 0 aliphatic carbocycles. The molecule has 5 nitrogen and oxygen atoms in total. The maximum atomic E-state index is 12.5. The van der Waals surface area contributed by atoms with Gasteiger partial charge in [-0.05, 0) is 48.0 Å². The van der Waals surface area contributed by atoms with Crippen molar-refractivity contribution >= 4 is 27.5 Å². The summed E-state index contributed by atoms with van der Waals surface area (Å²) in [7, 11) is 0. The number of aliphatic hydroxyl groups is 1. The first-order chi connectivity index (χ1) is 9.84. The predicted molar refractivity (Wildman–Crippen MR) is 83.2 cm³/mol. The molecule has 2 N–H and O–H groups in total. The first-order valence-electron chi connectivity index (χ1n) is 6.36. The van der Waals surface area contributed by atoms with Crippen molar-refractivity contribution in [2.24, 2.45) is 0 Å². The second-order valence-electron chi connectivity index (χ2n) is 5.15. The quantitative estimate of drug-likeness (QED) is 0.808. The van der Waals surface area contributed by atoms with E-state index < -0.39 is 11.9 Å². The van der Waals surface area contributed by atoms with Crippen LogP contribution in [0.3, 0.4) is 0 Å². The Morgan fingerprint density at radius 1 is 1.52 bits per heavy atom. The summed E-state index contributed by atoms with van der Waals surface area (Å²) in [5, 5.41) is 13.6. The maximum absolute atomic E-state index is 12.5. The van der Waals surface area contributed by atoms with E-state index in [4.69, 9.17) is 11.6 Å². The molecule has 0 saturated carbocycles. The number of hydrogen-bond acceptors (Lipinski definition) is 4. The summed E-state index contributed by atoms with van der Waals surface area (Å²) in [4.78, 5) is 17.0. The van der Waals surface area contributed by atoms with Gasteiger partial charge in [-0.1, -0.05) is 17.7 Å². The van der Waals surface area contributed by atoms with E-state index in [1.54, 1.807) is 6.92 Å². The molecule has 110 valence electrons. The van der Waals surface area contributed by atoms with Crippen LogP contribution in [0.4, 0.5) is 0 Å². The third-order valence-corrected chi connectivity index (χ3v) is 4.53. The third kappa shape index (κ3) is 2.14. The van der Waals surface area contributed by atoms with Crippen molar-refractivity contribution in [2.45, 2.75) is 25.7 Å². The maximum Gasteiger partial charge on any atom is 0.267 e. The van der Waals surface area contributed by atoms with Crippen LogP contribution in [0.1, 0.15) is 30.2 Å². The van der Waals surface area contributed by atoms with Crippen LogP contribution in [0.5, 0.6) is 0 Å². The van der Waals surface area contributed by atoms with Gasteiger partial charge in [0.2, 0.25) is 0 Å². The second kappa shape index (κ2) is 4.91. The monoisotopic (exact) mass is 369 g/mol. The van der Waals surface area contributed by atoms with Crippen molar-refractivity contribution in [1.82, 2.24) is 14.9 Å². The number of aromatic nitrogens is 2. The molecule has 0 amide bonds. The molecule has 7 heteroatoms. The highest BCUT2D eigenvalue weighted by Gasteiger charge is 2.43. The first-order valence-corrected chi connectivity index (χ1v) is 7.53. The molecule has 1 aliphatic rings. The molecule has 3 rings (SSSR count). The molecule has 2 aromatic heterocycles. The molecule has 0 bridgehead atoms. The van der Waals surface area contributed by atoms with Gasteiger partial charge in [0.25, 0.3) is 5.56 Å². The lowest BCUT2D eigenvalue weighted by atomic mass is 10.1. The summed E-state index contributed by atoms with van der Waals surface area (Å²) in [6, 6.07) is 7.04. The van der Waals surface area contributed by atoms with Gasteiger partial charge >= 0.3 is 0 Å². The summed E-state index contributed by atoms with van der Waals surface area (Å²) in [5.41, 5.74) is 0.565. The molecule has 2 aromatic rings. The van der Waals surface area contributed by atoms with Crippen LogP contribution in [0.2, 0.25) is 5.02 Å². The molecule has 0 saturated heterocycles. The number of fused-ring (bicyclic) bond motifs is 1. The summed E-state index contributed by atoms with van der Waals surface area (Å²) < 4.78 is 1.79. The normalized spacial score (nSPS) is 24.1. The van der Waals surface area contributed by atoms with Crippen molar-refractivity contribution in [1.29, 1.82) is 0 Å². The van der Waals surface area contributed by atoms with E-state index in [2.05, 4.69) is 26.2 Å². The van der Waals surface area contributed by atoms with E-state index >= 15 is 0 Å². The fourth-order valence-corrected chi connectivity index (χ4v) is 3.50. The van der Waals surface area contributed by atoms with Crippen molar-refractivity contribution in [3.05, 3.63) is 61.2 Å². The van der Waals surface area contributed by atoms with Crippen LogP contribution in [-0.4, -0.2) is 14.7 Å². The molecule has 1 aliphatic heterocycles. The topological polar surface area (TPSA) is 67.2 Å². The Morgan fingerprint density at radius 2 is 2.24 bits per heavy atom. The smallest absolute Gasteiger partial charge is 0.267 e. The standard InChI is InChI=1S/C14H13BrClN3O2/c1-7-4-3-5-10(17-7)14(2)18-12(20)11-9(16)6-8(15)13(21)19(11)14/h3-6,12,18,20H,1-2H3. The SMILES string of the molecule is Cc1cccc(C2(C)NC(O)c3c(Cl)cc(Br)c(=O)n32)n1. The summed E-state index contributed by atoms with van der Waals surface area (Å²) in [5.74, 6) is 0. The van der Waals surface area contributed by atoms with Gasteiger partial charge in [-0.15, -0.1) is 0 Å². The fraction of sp³-hybridized carbons (Fsp3) is 0.286. The van der Waals surface area contributed by atoms with Crippen LogP contribution in [0.25, 0.3) is 0 Å². The lowest BCUT2D eigenvalue weighted by Crippen LogP contribution is -2.46. The van der Waals surface area contributed by atoms with Crippen LogP contribution >= 0.6 is 27.5 Å². The Bertz CT molecular complexity index is 792. The van der Waals surface area contributed by atoms with Gasteiger partial charge in [-0.3, -0.25) is 19.7 Å². The van der Waals surface area contributed by atoms with Crippen molar-refractivity contribution < 1.29 is 5.11 Å². The van der Waals surface area contributed by atoms with Gasteiger partial charge in [0, 0.05) is 5.69 Å². The van der Waals surface area contributed by atoms with E-state index in [0.717, 1.165) is 5.69 Å². The molecule has 0 aromatic carbocycles. The molecular formula is C14H13BrClN3O2. The van der Waals surface area contributed by atoms with E-state index in [1.807, 2.05) is 25.1 Å². The Balaban J connectivity index is 2.34. The number of halogens is 2. The van der Waals surface area contributed by atoms with Crippen molar-refractivity contribution in [3.63, 3.8) is 0 Å². The highest BCUT2D eigenvalue weighted by atomic mass is 79.9. The largest absolute Gasteiger partial charge is 0.373 e. The Morgan fingerprint density at radius 3 is 2.90 bits per heavy atom. The number of aryl methyl sites for hydroxylation is 1. The van der Waals surface area contributed by atoms with E-state index in [1.165, 1.54) is 10.6 Å². The highest BCUT2D eigenvalue weighted by molar-refractivity contribution is 9.10. The van der Waals surface area contributed by atoms with Crippen molar-refractivity contribution in [3.8, 4) is 0 Å². The number of aliphatic hydroxyl groups excluding tert-OH is 1. The number of nitrogens with one attached hydrogen (secondary N) is 1. The zero-order chi connectivity index (χ0) is 15.4. The second-order valence-corrected chi connectivity index (χ2v) is 6.41. The average Bonchev–Trinajstić information content (AvgIpc) is 2.69. The minimum atomic E-state index is -1.04. The fourth-order valence-electron chi connectivity index (χ4n) is 2.67. The summed E-state index contributed by atoms with van der Waals surface area (Å²) in [6.45, 7) is 3.66. The van der Waals surface area contributed by atoms with Crippen molar-refractivity contribution in [2.75, 3.05) is 0 Å². The zero-order valence-electron chi connectivity index (χ0n) is 11.4. The van der Waals surface area contributed by atoms with Gasteiger partial charge in [0.1, 0.15) is 11.9 Å². The highest BCUT2D eigenvalue weighted by Crippen LogP contribution is 2.36. The number of pyridine rings is 2. The Kier molecular flexibility index (Phi) is 3.44. The predicted octanol–water partition coefficient (Wildman–Crippen LogP) is 2.28. The first kappa shape index (κ1) is 14.7. The van der Waals surface area contributed by atoms with E-state index in [0.29, 0.717) is 20.9 Å². The zero-order valence-corrected chi connectivity index (χ0v) is 13.7. The Hall–Kier alpha value is -1.21. The average molecular weight is 371 g/mol.